The molecule has 2 rings (SSSR count). The molecule has 0 saturated heterocycles. The van der Waals surface area contributed by atoms with Gasteiger partial charge < -0.3 is 5.32 Å². The predicted octanol–water partition coefficient (Wildman–Crippen LogP) is 0.932. The zero-order valence-electron chi connectivity index (χ0n) is 9.43. The third-order valence-corrected chi connectivity index (χ3v) is 2.94. The van der Waals surface area contributed by atoms with Gasteiger partial charge in [0.2, 0.25) is 0 Å². The Kier molecular flexibility index (Phi) is 3.81. The summed E-state index contributed by atoms with van der Waals surface area (Å²) in [6.45, 7) is 2.61. The van der Waals surface area contributed by atoms with E-state index in [1.807, 2.05) is 13.1 Å². The number of H-pyrrole nitrogens is 1. The van der Waals surface area contributed by atoms with Crippen molar-refractivity contribution in [2.45, 2.75) is 19.8 Å². The summed E-state index contributed by atoms with van der Waals surface area (Å²) in [6, 6.07) is 0. The molecule has 2 aromatic rings. The van der Waals surface area contributed by atoms with E-state index in [2.05, 4.69) is 25.1 Å². The number of amides is 1. The molecule has 17 heavy (non-hydrogen) atoms. The minimum absolute atomic E-state index is 0.164. The molecule has 0 aliphatic heterocycles. The van der Waals surface area contributed by atoms with Gasteiger partial charge in [0.25, 0.3) is 5.91 Å². The van der Waals surface area contributed by atoms with E-state index in [4.69, 9.17) is 0 Å². The van der Waals surface area contributed by atoms with Crippen LogP contribution in [0.5, 0.6) is 0 Å². The van der Waals surface area contributed by atoms with E-state index in [-0.39, 0.29) is 5.91 Å². The lowest BCUT2D eigenvalue weighted by Crippen LogP contribution is -2.25. The highest BCUT2D eigenvalue weighted by Gasteiger charge is 2.07. The number of aryl methyl sites for hydroxylation is 2. The lowest BCUT2D eigenvalue weighted by Gasteiger charge is -2.02. The van der Waals surface area contributed by atoms with Crippen molar-refractivity contribution in [2.75, 3.05) is 6.54 Å². The number of hydrogen-bond donors (Lipinski definition) is 2. The molecule has 0 fully saturated rings. The average Bonchev–Trinajstić information content (AvgIpc) is 2.96. The molecule has 0 aliphatic rings. The molecule has 2 N–H and O–H groups in total. The second kappa shape index (κ2) is 5.53. The van der Waals surface area contributed by atoms with Gasteiger partial charge >= 0.3 is 0 Å². The van der Waals surface area contributed by atoms with Crippen LogP contribution in [0.25, 0.3) is 0 Å². The third-order valence-electron chi connectivity index (χ3n) is 2.44. The molecule has 0 atom stereocenters. The van der Waals surface area contributed by atoms with Crippen LogP contribution in [-0.2, 0) is 6.42 Å². The second-order valence-electron chi connectivity index (χ2n) is 3.67. The van der Waals surface area contributed by atoms with Crippen LogP contribution in [0.2, 0.25) is 0 Å². The summed E-state index contributed by atoms with van der Waals surface area (Å²) in [4.78, 5) is 11.5. The van der Waals surface area contributed by atoms with Crippen molar-refractivity contribution < 1.29 is 4.79 Å². The first-order chi connectivity index (χ1) is 8.27. The monoisotopic (exact) mass is 251 g/mol. The van der Waals surface area contributed by atoms with Gasteiger partial charge in [-0.05, 0) is 36.9 Å². The summed E-state index contributed by atoms with van der Waals surface area (Å²) in [6.07, 6.45) is 3.60. The van der Waals surface area contributed by atoms with Crippen molar-refractivity contribution in [1.82, 2.24) is 25.1 Å². The Morgan fingerprint density at radius 2 is 2.47 bits per heavy atom. The molecule has 2 aromatic heterocycles. The fourth-order valence-electron chi connectivity index (χ4n) is 1.46. The molecule has 0 bridgehead atoms. The van der Waals surface area contributed by atoms with Gasteiger partial charge in [0.05, 0.1) is 6.20 Å². The zero-order chi connectivity index (χ0) is 12.1. The van der Waals surface area contributed by atoms with E-state index >= 15 is 0 Å². The second-order valence-corrected chi connectivity index (χ2v) is 4.28. The van der Waals surface area contributed by atoms with Crippen LogP contribution in [-0.4, -0.2) is 32.2 Å². The van der Waals surface area contributed by atoms with Crippen LogP contribution in [0.3, 0.4) is 0 Å². The number of carbonyl (C=O) groups excluding carboxylic acids is 1. The zero-order valence-corrected chi connectivity index (χ0v) is 10.3. The van der Waals surface area contributed by atoms with Gasteiger partial charge in [-0.15, -0.1) is 5.10 Å². The molecule has 90 valence electrons. The molecule has 0 radical (unpaired) electrons. The van der Waals surface area contributed by atoms with Crippen molar-refractivity contribution >= 4 is 17.4 Å². The Morgan fingerprint density at radius 1 is 1.59 bits per heavy atom. The van der Waals surface area contributed by atoms with Gasteiger partial charge in [-0.25, -0.2) is 0 Å². The molecule has 0 saturated carbocycles. The largest absolute Gasteiger partial charge is 0.351 e. The molecule has 6 nitrogen and oxygen atoms in total. The van der Waals surface area contributed by atoms with Crippen LogP contribution in [0.4, 0.5) is 0 Å². The summed E-state index contributed by atoms with van der Waals surface area (Å²) in [5, 5.41) is 15.0. The predicted molar refractivity (Wildman–Crippen MR) is 63.9 cm³/mol. The Balaban J connectivity index is 1.70. The third kappa shape index (κ3) is 3.10. The Morgan fingerprint density at radius 3 is 3.12 bits per heavy atom. The Bertz CT molecular complexity index is 479. The lowest BCUT2D eigenvalue weighted by molar-refractivity contribution is 0.0948. The highest BCUT2D eigenvalue weighted by molar-refractivity contribution is 7.03. The Labute approximate surface area is 103 Å². The smallest absolute Gasteiger partial charge is 0.272 e. The van der Waals surface area contributed by atoms with Crippen molar-refractivity contribution in [3.8, 4) is 0 Å². The van der Waals surface area contributed by atoms with E-state index in [0.717, 1.165) is 18.5 Å². The van der Waals surface area contributed by atoms with Crippen LogP contribution in [0, 0.1) is 6.92 Å². The number of rotatable bonds is 5. The lowest BCUT2D eigenvalue weighted by atomic mass is 10.1. The molecular formula is C10H13N5OS. The first kappa shape index (κ1) is 11.7. The SMILES string of the molecule is Cc1[nH]ncc1CCCNC(=O)c1csnn1. The normalized spacial score (nSPS) is 10.4. The number of nitrogens with one attached hydrogen (secondary N) is 2. The van der Waals surface area contributed by atoms with Crippen LogP contribution < -0.4 is 5.32 Å². The van der Waals surface area contributed by atoms with Crippen LogP contribution in [0.1, 0.15) is 28.2 Å². The van der Waals surface area contributed by atoms with Gasteiger partial charge in [0.1, 0.15) is 0 Å². The fourth-order valence-corrected chi connectivity index (χ4v) is 1.90. The van der Waals surface area contributed by atoms with Crippen LogP contribution in [0.15, 0.2) is 11.6 Å². The van der Waals surface area contributed by atoms with E-state index in [0.29, 0.717) is 12.2 Å². The summed E-state index contributed by atoms with van der Waals surface area (Å²) in [5.74, 6) is -0.164. The molecule has 1 amide bonds. The van der Waals surface area contributed by atoms with Gasteiger partial charge in [-0.3, -0.25) is 9.89 Å². The van der Waals surface area contributed by atoms with Gasteiger partial charge in [-0.2, -0.15) is 5.10 Å². The van der Waals surface area contributed by atoms with E-state index in [1.165, 1.54) is 17.1 Å². The molecular weight excluding hydrogens is 238 g/mol. The minimum atomic E-state index is -0.164. The molecule has 0 unspecified atom stereocenters. The standard InChI is InChI=1S/C10H13N5OS/c1-7-8(5-12-13-7)3-2-4-11-10(16)9-6-17-15-14-9/h5-6H,2-4H2,1H3,(H,11,16)(H,12,13). The highest BCUT2D eigenvalue weighted by atomic mass is 32.1. The fraction of sp³-hybridized carbons (Fsp3) is 0.400. The maximum atomic E-state index is 11.5. The number of aromatic amines is 1. The molecule has 2 heterocycles. The van der Waals surface area contributed by atoms with Crippen molar-refractivity contribution in [2.24, 2.45) is 0 Å². The number of nitrogens with zero attached hydrogens (tertiary/aromatic N) is 3. The summed E-state index contributed by atoms with van der Waals surface area (Å²) < 4.78 is 3.64. The molecule has 0 aliphatic carbocycles. The van der Waals surface area contributed by atoms with Crippen molar-refractivity contribution in [3.63, 3.8) is 0 Å². The van der Waals surface area contributed by atoms with E-state index < -0.39 is 0 Å². The van der Waals surface area contributed by atoms with Crippen molar-refractivity contribution in [1.29, 1.82) is 0 Å². The van der Waals surface area contributed by atoms with Gasteiger partial charge in [0.15, 0.2) is 5.69 Å². The quantitative estimate of drug-likeness (QED) is 0.774. The van der Waals surface area contributed by atoms with E-state index in [9.17, 15) is 4.79 Å². The maximum absolute atomic E-state index is 11.5. The first-order valence-corrected chi connectivity index (χ1v) is 6.15. The average molecular weight is 251 g/mol. The maximum Gasteiger partial charge on any atom is 0.272 e. The number of hydrogen-bond acceptors (Lipinski definition) is 5. The first-order valence-electron chi connectivity index (χ1n) is 5.31. The highest BCUT2D eigenvalue weighted by Crippen LogP contribution is 2.05. The molecule has 0 spiro atoms. The Hall–Kier alpha value is -1.76. The van der Waals surface area contributed by atoms with E-state index in [1.54, 1.807) is 5.38 Å². The molecule has 0 aromatic carbocycles. The van der Waals surface area contributed by atoms with Crippen LogP contribution >= 0.6 is 11.5 Å². The van der Waals surface area contributed by atoms with Crippen molar-refractivity contribution in [3.05, 3.63) is 28.5 Å². The number of aromatic nitrogens is 4. The van der Waals surface area contributed by atoms with Gasteiger partial charge in [-0.1, -0.05) is 4.49 Å². The number of carbonyl (C=O) groups is 1. The minimum Gasteiger partial charge on any atom is -0.351 e. The summed E-state index contributed by atoms with van der Waals surface area (Å²) in [5.41, 5.74) is 2.66. The summed E-state index contributed by atoms with van der Waals surface area (Å²) >= 11 is 1.17. The van der Waals surface area contributed by atoms with Gasteiger partial charge in [0, 0.05) is 17.6 Å². The topological polar surface area (TPSA) is 83.6 Å². The summed E-state index contributed by atoms with van der Waals surface area (Å²) in [7, 11) is 0. The molecule has 7 heteroatoms.